The second-order valence-electron chi connectivity index (χ2n) is 5.30. The van der Waals surface area contributed by atoms with Crippen LogP contribution in [0.25, 0.3) is 0 Å². The summed E-state index contributed by atoms with van der Waals surface area (Å²) in [6.07, 6.45) is -0.567. The van der Waals surface area contributed by atoms with Crippen molar-refractivity contribution in [2.24, 2.45) is 0 Å². The molecule has 0 atom stereocenters. The van der Waals surface area contributed by atoms with Crippen LogP contribution in [0.3, 0.4) is 0 Å². The maximum Gasteiger partial charge on any atom is 0.407 e. The number of hydrogen-bond acceptors (Lipinski definition) is 4. The van der Waals surface area contributed by atoms with Crippen LogP contribution >= 0.6 is 0 Å². The highest BCUT2D eigenvalue weighted by atomic mass is 16.6. The van der Waals surface area contributed by atoms with Crippen LogP contribution in [0.5, 0.6) is 5.75 Å². The molecule has 112 valence electrons. The van der Waals surface area contributed by atoms with Crippen LogP contribution in [0.15, 0.2) is 0 Å². The quantitative estimate of drug-likeness (QED) is 0.785. The number of H-pyrrole nitrogens is 1. The summed E-state index contributed by atoms with van der Waals surface area (Å²) in [5.41, 5.74) is 0.579. The maximum absolute atomic E-state index is 11.5. The number of carboxylic acid groups (broad SMARTS) is 1. The number of methoxy groups -OCH3 is 1. The number of carboxylic acids is 1. The molecule has 3 N–H and O–H groups in total. The van der Waals surface area contributed by atoms with Gasteiger partial charge in [0.05, 0.1) is 13.7 Å². The van der Waals surface area contributed by atoms with E-state index in [0.29, 0.717) is 11.3 Å². The van der Waals surface area contributed by atoms with E-state index >= 15 is 0 Å². The van der Waals surface area contributed by atoms with E-state index in [9.17, 15) is 9.59 Å². The average Bonchev–Trinajstić information content (AvgIpc) is 2.61. The number of carbonyl (C=O) groups excluding carboxylic acids is 1. The van der Waals surface area contributed by atoms with Gasteiger partial charge in [-0.05, 0) is 27.7 Å². The van der Waals surface area contributed by atoms with Crippen molar-refractivity contribution in [2.45, 2.75) is 39.8 Å². The molecule has 1 heterocycles. The Morgan fingerprint density at radius 3 is 2.35 bits per heavy atom. The van der Waals surface area contributed by atoms with E-state index in [4.69, 9.17) is 14.6 Å². The minimum absolute atomic E-state index is 0.0361. The molecule has 0 saturated heterocycles. The van der Waals surface area contributed by atoms with Gasteiger partial charge >= 0.3 is 12.1 Å². The second-order valence-corrected chi connectivity index (χ2v) is 5.30. The van der Waals surface area contributed by atoms with Gasteiger partial charge in [0, 0.05) is 11.3 Å². The first-order valence-corrected chi connectivity index (χ1v) is 6.11. The largest absolute Gasteiger partial charge is 0.494 e. The van der Waals surface area contributed by atoms with Gasteiger partial charge in [-0.1, -0.05) is 0 Å². The average molecular weight is 284 g/mol. The Hall–Kier alpha value is -2.18. The normalized spacial score (nSPS) is 11.1. The van der Waals surface area contributed by atoms with Gasteiger partial charge < -0.3 is 24.9 Å². The summed E-state index contributed by atoms with van der Waals surface area (Å²) in [6.45, 7) is 7.13. The number of amides is 1. The third-order valence-corrected chi connectivity index (χ3v) is 2.52. The SMILES string of the molecule is COc1c(C(=O)O)[nH]c(CNC(=O)OC(C)(C)C)c1C. The van der Waals surface area contributed by atoms with Gasteiger partial charge in [-0.2, -0.15) is 0 Å². The Kier molecular flexibility index (Phi) is 4.65. The van der Waals surface area contributed by atoms with Crippen molar-refractivity contribution < 1.29 is 24.2 Å². The molecule has 1 aromatic rings. The molecule has 7 nitrogen and oxygen atoms in total. The lowest BCUT2D eigenvalue weighted by Gasteiger charge is -2.19. The molecule has 0 saturated carbocycles. The van der Waals surface area contributed by atoms with Gasteiger partial charge in [-0.25, -0.2) is 9.59 Å². The molecule has 1 rings (SSSR count). The van der Waals surface area contributed by atoms with Crippen molar-refractivity contribution in [3.8, 4) is 5.75 Å². The predicted molar refractivity (Wildman–Crippen MR) is 72.1 cm³/mol. The summed E-state index contributed by atoms with van der Waals surface area (Å²) >= 11 is 0. The number of aromatic carboxylic acids is 1. The Bertz CT molecular complexity index is 514. The topological polar surface area (TPSA) is 101 Å². The number of carbonyl (C=O) groups is 2. The zero-order chi connectivity index (χ0) is 15.5. The molecule has 0 unspecified atom stereocenters. The van der Waals surface area contributed by atoms with Crippen molar-refractivity contribution in [2.75, 3.05) is 7.11 Å². The molecular weight excluding hydrogens is 264 g/mol. The maximum atomic E-state index is 11.5. The minimum atomic E-state index is -1.12. The third-order valence-electron chi connectivity index (χ3n) is 2.52. The van der Waals surface area contributed by atoms with E-state index in [1.807, 2.05) is 0 Å². The van der Waals surface area contributed by atoms with Crippen LogP contribution in [-0.4, -0.2) is 34.9 Å². The molecule has 0 spiro atoms. The molecule has 1 aromatic heterocycles. The fraction of sp³-hybridized carbons (Fsp3) is 0.538. The minimum Gasteiger partial charge on any atom is -0.494 e. The number of rotatable bonds is 4. The number of aromatic nitrogens is 1. The predicted octanol–water partition coefficient (Wildman–Crippen LogP) is 2.05. The highest BCUT2D eigenvalue weighted by Crippen LogP contribution is 2.26. The van der Waals surface area contributed by atoms with Crippen LogP contribution in [0, 0.1) is 6.92 Å². The monoisotopic (exact) mass is 284 g/mol. The Morgan fingerprint density at radius 2 is 1.95 bits per heavy atom. The third kappa shape index (κ3) is 3.91. The molecule has 0 bridgehead atoms. The van der Waals surface area contributed by atoms with Gasteiger partial charge in [-0.3, -0.25) is 0 Å². The molecule has 0 radical (unpaired) electrons. The number of nitrogens with one attached hydrogen (secondary N) is 2. The molecule has 7 heteroatoms. The van der Waals surface area contributed by atoms with E-state index in [0.717, 1.165) is 0 Å². The molecular formula is C13H20N2O5. The fourth-order valence-electron chi connectivity index (χ4n) is 1.68. The van der Waals surface area contributed by atoms with Crippen molar-refractivity contribution in [3.63, 3.8) is 0 Å². The molecule has 0 aliphatic heterocycles. The number of alkyl carbamates (subject to hydrolysis) is 1. The van der Waals surface area contributed by atoms with Crippen molar-refractivity contribution in [1.82, 2.24) is 10.3 Å². The molecule has 20 heavy (non-hydrogen) atoms. The van der Waals surface area contributed by atoms with Crippen LogP contribution in [-0.2, 0) is 11.3 Å². The van der Waals surface area contributed by atoms with Crippen LogP contribution in [0.1, 0.15) is 42.5 Å². The Labute approximate surface area is 117 Å². The van der Waals surface area contributed by atoms with Crippen LogP contribution in [0.2, 0.25) is 0 Å². The van der Waals surface area contributed by atoms with Gasteiger partial charge in [0.15, 0.2) is 11.4 Å². The highest BCUT2D eigenvalue weighted by molar-refractivity contribution is 5.89. The zero-order valence-electron chi connectivity index (χ0n) is 12.3. The lowest BCUT2D eigenvalue weighted by Crippen LogP contribution is -2.32. The first-order valence-electron chi connectivity index (χ1n) is 6.11. The molecule has 0 aliphatic rings. The summed E-state index contributed by atoms with van der Waals surface area (Å²) in [5, 5.41) is 11.6. The summed E-state index contributed by atoms with van der Waals surface area (Å²) in [4.78, 5) is 25.3. The number of aromatic amines is 1. The first-order chi connectivity index (χ1) is 9.15. The lowest BCUT2D eigenvalue weighted by molar-refractivity contribution is 0.0522. The first kappa shape index (κ1) is 15.9. The van der Waals surface area contributed by atoms with Crippen LogP contribution in [0.4, 0.5) is 4.79 Å². The molecule has 0 aliphatic carbocycles. The van der Waals surface area contributed by atoms with E-state index in [1.165, 1.54) is 7.11 Å². The van der Waals surface area contributed by atoms with E-state index in [2.05, 4.69) is 10.3 Å². The second kappa shape index (κ2) is 5.85. The van der Waals surface area contributed by atoms with Gasteiger partial charge in [0.25, 0.3) is 0 Å². The molecule has 0 fully saturated rings. The number of hydrogen-bond donors (Lipinski definition) is 3. The zero-order valence-corrected chi connectivity index (χ0v) is 12.3. The van der Waals surface area contributed by atoms with Crippen molar-refractivity contribution in [1.29, 1.82) is 0 Å². The van der Waals surface area contributed by atoms with Crippen molar-refractivity contribution >= 4 is 12.1 Å². The summed E-state index contributed by atoms with van der Waals surface area (Å²) in [7, 11) is 1.40. The van der Waals surface area contributed by atoms with Gasteiger partial charge in [0.2, 0.25) is 0 Å². The summed E-state index contributed by atoms with van der Waals surface area (Å²) < 4.78 is 10.1. The van der Waals surface area contributed by atoms with Gasteiger partial charge in [-0.15, -0.1) is 0 Å². The summed E-state index contributed by atoms with van der Waals surface area (Å²) in [6, 6.07) is 0. The van der Waals surface area contributed by atoms with Crippen LogP contribution < -0.4 is 10.1 Å². The van der Waals surface area contributed by atoms with E-state index < -0.39 is 17.7 Å². The summed E-state index contributed by atoms with van der Waals surface area (Å²) in [5.74, 6) is -0.855. The molecule has 1 amide bonds. The smallest absolute Gasteiger partial charge is 0.407 e. The number of ether oxygens (including phenoxy) is 2. The lowest BCUT2D eigenvalue weighted by atomic mass is 10.2. The van der Waals surface area contributed by atoms with E-state index in [1.54, 1.807) is 27.7 Å². The Balaban J connectivity index is 2.79. The standard InChI is InChI=1S/C13H20N2O5/c1-7-8(6-14-12(18)20-13(2,3)4)15-9(11(16)17)10(7)19-5/h15H,6H2,1-5H3,(H,14,18)(H,16,17). The van der Waals surface area contributed by atoms with Gasteiger partial charge in [0.1, 0.15) is 5.60 Å². The fourth-order valence-corrected chi connectivity index (χ4v) is 1.68. The van der Waals surface area contributed by atoms with Crippen molar-refractivity contribution in [3.05, 3.63) is 17.0 Å². The Morgan fingerprint density at radius 1 is 1.35 bits per heavy atom. The highest BCUT2D eigenvalue weighted by Gasteiger charge is 2.21. The van der Waals surface area contributed by atoms with E-state index in [-0.39, 0.29) is 18.0 Å². The molecule has 0 aromatic carbocycles.